The smallest absolute Gasteiger partial charge is 0.253 e. The maximum Gasteiger partial charge on any atom is 0.253 e. The molecule has 6 nitrogen and oxygen atoms in total. The predicted molar refractivity (Wildman–Crippen MR) is 89.9 cm³/mol. The van der Waals surface area contributed by atoms with Crippen LogP contribution in [0.3, 0.4) is 0 Å². The first-order chi connectivity index (χ1) is 11.5. The van der Waals surface area contributed by atoms with E-state index in [1.807, 2.05) is 0 Å². The third-order valence-electron chi connectivity index (χ3n) is 4.10. The third kappa shape index (κ3) is 3.76. The van der Waals surface area contributed by atoms with Crippen molar-refractivity contribution in [3.63, 3.8) is 0 Å². The molecule has 0 unspecified atom stereocenters. The van der Waals surface area contributed by atoms with Gasteiger partial charge in [0.25, 0.3) is 5.91 Å². The number of nitrogens with one attached hydrogen (secondary N) is 1. The molecule has 1 aromatic heterocycles. The fraction of sp³-hybridized carbons (Fsp3) is 0.353. The maximum absolute atomic E-state index is 12.5. The number of amides is 2. The predicted octanol–water partition coefficient (Wildman–Crippen LogP) is 3.13. The SMILES string of the molecule is Cc1cc(NC(=O)C2CCN(C(=O)c3cccc(Cl)c3)CC2)no1. The van der Waals surface area contributed by atoms with Crippen LogP contribution in [0.4, 0.5) is 5.82 Å². The van der Waals surface area contributed by atoms with Gasteiger partial charge >= 0.3 is 0 Å². The Morgan fingerprint density at radius 3 is 2.67 bits per heavy atom. The fourth-order valence-corrected chi connectivity index (χ4v) is 2.99. The van der Waals surface area contributed by atoms with Crippen molar-refractivity contribution in [3.8, 4) is 0 Å². The summed E-state index contributed by atoms with van der Waals surface area (Å²) in [6, 6.07) is 8.58. The molecule has 0 bridgehead atoms. The normalized spacial score (nSPS) is 15.3. The van der Waals surface area contributed by atoms with Gasteiger partial charge in [-0.25, -0.2) is 0 Å². The van der Waals surface area contributed by atoms with E-state index >= 15 is 0 Å². The third-order valence-corrected chi connectivity index (χ3v) is 4.34. The molecule has 2 heterocycles. The average Bonchev–Trinajstić information content (AvgIpc) is 2.99. The highest BCUT2D eigenvalue weighted by atomic mass is 35.5. The van der Waals surface area contributed by atoms with Gasteiger partial charge in [0.1, 0.15) is 5.76 Å². The van der Waals surface area contributed by atoms with Crippen molar-refractivity contribution >= 4 is 29.2 Å². The summed E-state index contributed by atoms with van der Waals surface area (Å²) >= 11 is 5.93. The summed E-state index contributed by atoms with van der Waals surface area (Å²) in [5.74, 6) is 0.800. The van der Waals surface area contributed by atoms with Crippen molar-refractivity contribution in [1.29, 1.82) is 0 Å². The number of aromatic nitrogens is 1. The highest BCUT2D eigenvalue weighted by molar-refractivity contribution is 6.30. The van der Waals surface area contributed by atoms with E-state index in [0.29, 0.717) is 48.1 Å². The molecule has 2 aromatic rings. The summed E-state index contributed by atoms with van der Waals surface area (Å²) in [7, 11) is 0. The second-order valence-electron chi connectivity index (χ2n) is 5.89. The summed E-state index contributed by atoms with van der Waals surface area (Å²) in [6.07, 6.45) is 1.24. The van der Waals surface area contributed by atoms with Gasteiger partial charge < -0.3 is 14.7 Å². The molecule has 1 fully saturated rings. The summed E-state index contributed by atoms with van der Waals surface area (Å²) in [5, 5.41) is 7.05. The summed E-state index contributed by atoms with van der Waals surface area (Å²) in [4.78, 5) is 26.5. The molecule has 1 N–H and O–H groups in total. The lowest BCUT2D eigenvalue weighted by Gasteiger charge is -2.31. The molecular formula is C17H18ClN3O3. The first-order valence-corrected chi connectivity index (χ1v) is 8.20. The largest absolute Gasteiger partial charge is 0.360 e. The van der Waals surface area contributed by atoms with Crippen LogP contribution in [-0.2, 0) is 4.79 Å². The number of halogens is 1. The van der Waals surface area contributed by atoms with Crippen molar-refractivity contribution in [2.75, 3.05) is 18.4 Å². The molecule has 0 aliphatic carbocycles. The maximum atomic E-state index is 12.5. The number of rotatable bonds is 3. The van der Waals surface area contributed by atoms with Crippen LogP contribution in [-0.4, -0.2) is 35.0 Å². The van der Waals surface area contributed by atoms with Crippen LogP contribution in [0.2, 0.25) is 5.02 Å². The Bertz CT molecular complexity index is 751. The van der Waals surface area contributed by atoms with Crippen LogP contribution in [0.15, 0.2) is 34.9 Å². The van der Waals surface area contributed by atoms with Crippen LogP contribution in [0.25, 0.3) is 0 Å². The zero-order chi connectivity index (χ0) is 17.1. The molecule has 1 aromatic carbocycles. The average molecular weight is 348 g/mol. The zero-order valence-corrected chi connectivity index (χ0v) is 14.0. The molecule has 126 valence electrons. The number of aryl methyl sites for hydroxylation is 1. The van der Waals surface area contributed by atoms with Gasteiger partial charge in [0, 0.05) is 35.7 Å². The number of likely N-dealkylation sites (tertiary alicyclic amines) is 1. The van der Waals surface area contributed by atoms with Gasteiger partial charge in [0.15, 0.2) is 5.82 Å². The molecule has 3 rings (SSSR count). The number of nitrogens with zero attached hydrogens (tertiary/aromatic N) is 2. The molecule has 24 heavy (non-hydrogen) atoms. The molecule has 2 amide bonds. The van der Waals surface area contributed by atoms with Gasteiger partial charge in [0.2, 0.25) is 5.91 Å². The van der Waals surface area contributed by atoms with Gasteiger partial charge in [-0.2, -0.15) is 0 Å². The van der Waals surface area contributed by atoms with E-state index in [4.69, 9.17) is 16.1 Å². The Hall–Kier alpha value is -2.34. The Balaban J connectivity index is 1.55. The van der Waals surface area contributed by atoms with Crippen LogP contribution >= 0.6 is 11.6 Å². The van der Waals surface area contributed by atoms with E-state index in [1.165, 1.54) is 0 Å². The van der Waals surface area contributed by atoms with Crippen LogP contribution in [0.1, 0.15) is 29.0 Å². The topological polar surface area (TPSA) is 75.4 Å². The van der Waals surface area contributed by atoms with Crippen molar-refractivity contribution < 1.29 is 14.1 Å². The number of hydrogen-bond donors (Lipinski definition) is 1. The lowest BCUT2D eigenvalue weighted by atomic mass is 9.95. The molecular weight excluding hydrogens is 330 g/mol. The molecule has 7 heteroatoms. The van der Waals surface area contributed by atoms with E-state index in [9.17, 15) is 9.59 Å². The van der Waals surface area contributed by atoms with Gasteiger partial charge in [-0.05, 0) is 38.0 Å². The Morgan fingerprint density at radius 2 is 2.04 bits per heavy atom. The van der Waals surface area contributed by atoms with Crippen molar-refractivity contribution in [1.82, 2.24) is 10.1 Å². The molecule has 1 aliphatic heterocycles. The van der Waals surface area contributed by atoms with Crippen molar-refractivity contribution in [2.24, 2.45) is 5.92 Å². The lowest BCUT2D eigenvalue weighted by molar-refractivity contribution is -0.121. The van der Waals surface area contributed by atoms with Crippen molar-refractivity contribution in [3.05, 3.63) is 46.7 Å². The van der Waals surface area contributed by atoms with E-state index in [0.717, 1.165) is 0 Å². The minimum absolute atomic E-state index is 0.0523. The highest BCUT2D eigenvalue weighted by Crippen LogP contribution is 2.22. The van der Waals surface area contributed by atoms with Crippen molar-refractivity contribution in [2.45, 2.75) is 19.8 Å². The molecule has 0 radical (unpaired) electrons. The number of benzene rings is 1. The zero-order valence-electron chi connectivity index (χ0n) is 13.3. The number of piperidine rings is 1. The summed E-state index contributed by atoms with van der Waals surface area (Å²) < 4.78 is 4.93. The van der Waals surface area contributed by atoms with E-state index in [-0.39, 0.29) is 17.7 Å². The molecule has 1 aliphatic rings. The second kappa shape index (κ2) is 7.05. The van der Waals surface area contributed by atoms with E-state index in [2.05, 4.69) is 10.5 Å². The van der Waals surface area contributed by atoms with E-state index in [1.54, 1.807) is 42.2 Å². The molecule has 1 saturated heterocycles. The summed E-state index contributed by atoms with van der Waals surface area (Å²) in [6.45, 7) is 2.85. The van der Waals surface area contributed by atoms with E-state index < -0.39 is 0 Å². The molecule has 0 spiro atoms. The number of anilines is 1. The second-order valence-corrected chi connectivity index (χ2v) is 6.33. The fourth-order valence-electron chi connectivity index (χ4n) is 2.80. The first kappa shape index (κ1) is 16.5. The van der Waals surface area contributed by atoms with Crippen LogP contribution in [0, 0.1) is 12.8 Å². The quantitative estimate of drug-likeness (QED) is 0.925. The van der Waals surface area contributed by atoms with Gasteiger partial charge in [-0.1, -0.05) is 22.8 Å². The van der Waals surface area contributed by atoms with Gasteiger partial charge in [-0.3, -0.25) is 9.59 Å². The Labute approximate surface area is 144 Å². The number of hydrogen-bond acceptors (Lipinski definition) is 4. The number of carbonyl (C=O) groups is 2. The Kier molecular flexibility index (Phi) is 4.85. The standard InChI is InChI=1S/C17H18ClN3O3/c1-11-9-15(20-24-11)19-16(22)12-5-7-21(8-6-12)17(23)13-3-2-4-14(18)10-13/h2-4,9-10,12H,5-8H2,1H3,(H,19,20,22). The number of carbonyl (C=O) groups excluding carboxylic acids is 2. The lowest BCUT2D eigenvalue weighted by Crippen LogP contribution is -2.41. The van der Waals surface area contributed by atoms with Crippen LogP contribution in [0.5, 0.6) is 0 Å². The highest BCUT2D eigenvalue weighted by Gasteiger charge is 2.28. The minimum atomic E-state index is -0.134. The first-order valence-electron chi connectivity index (χ1n) is 7.82. The Morgan fingerprint density at radius 1 is 1.29 bits per heavy atom. The molecule has 0 saturated carbocycles. The summed E-state index contributed by atoms with van der Waals surface area (Å²) in [5.41, 5.74) is 0.573. The molecule has 0 atom stereocenters. The monoisotopic (exact) mass is 347 g/mol. The van der Waals surface area contributed by atoms with Gasteiger partial charge in [-0.15, -0.1) is 0 Å². The minimum Gasteiger partial charge on any atom is -0.360 e. The van der Waals surface area contributed by atoms with Crippen LogP contribution < -0.4 is 5.32 Å². The van der Waals surface area contributed by atoms with Gasteiger partial charge in [0.05, 0.1) is 0 Å².